The van der Waals surface area contributed by atoms with E-state index in [-0.39, 0.29) is 0 Å². The zero-order chi connectivity index (χ0) is 14.2. The molecule has 1 aliphatic carbocycles. The molecule has 2 aromatic rings. The summed E-state index contributed by atoms with van der Waals surface area (Å²) in [6.45, 7) is 5.63. The first-order chi connectivity index (χ1) is 10.3. The highest BCUT2D eigenvalue weighted by Gasteiger charge is 2.35. The number of benzene rings is 1. The average molecular weight is 281 g/mol. The molecule has 2 aliphatic rings. The van der Waals surface area contributed by atoms with Gasteiger partial charge in [-0.15, -0.1) is 0 Å². The van der Waals surface area contributed by atoms with Crippen LogP contribution in [0, 0.1) is 5.92 Å². The molecule has 110 valence electrons. The molecule has 4 rings (SSSR count). The van der Waals surface area contributed by atoms with Crippen LogP contribution >= 0.6 is 0 Å². The number of nitrogens with one attached hydrogen (secondary N) is 1. The fourth-order valence-electron chi connectivity index (χ4n) is 3.50. The summed E-state index contributed by atoms with van der Waals surface area (Å²) >= 11 is 0. The molecule has 1 aromatic heterocycles. The van der Waals surface area contributed by atoms with Gasteiger partial charge in [0.2, 0.25) is 0 Å². The van der Waals surface area contributed by atoms with E-state index in [9.17, 15) is 0 Å². The average Bonchev–Trinajstić information content (AvgIpc) is 3.35. The molecule has 2 atom stereocenters. The van der Waals surface area contributed by atoms with Gasteiger partial charge in [-0.2, -0.15) is 0 Å². The summed E-state index contributed by atoms with van der Waals surface area (Å²) in [6, 6.07) is 12.0. The highest BCUT2D eigenvalue weighted by molar-refractivity contribution is 5.81. The first kappa shape index (κ1) is 13.2. The van der Waals surface area contributed by atoms with Gasteiger partial charge in [-0.25, -0.2) is 0 Å². The zero-order valence-electron chi connectivity index (χ0n) is 12.6. The third kappa shape index (κ3) is 2.68. The van der Waals surface area contributed by atoms with Crippen LogP contribution < -0.4 is 5.32 Å². The second-order valence-corrected chi connectivity index (χ2v) is 6.62. The molecule has 1 aliphatic heterocycles. The Morgan fingerprint density at radius 2 is 2.10 bits per heavy atom. The number of piperazine rings is 1. The summed E-state index contributed by atoms with van der Waals surface area (Å²) in [5, 5.41) is 4.97. The van der Waals surface area contributed by atoms with Crippen LogP contribution in [0.3, 0.4) is 0 Å². The van der Waals surface area contributed by atoms with Crippen LogP contribution in [0.2, 0.25) is 0 Å². The molecular formula is C18H23N3. The Hall–Kier alpha value is -1.45. The number of hydrogen-bond donors (Lipinski definition) is 1. The van der Waals surface area contributed by atoms with E-state index in [1.807, 2.05) is 12.3 Å². The Morgan fingerprint density at radius 3 is 2.95 bits per heavy atom. The predicted molar refractivity (Wildman–Crippen MR) is 86.1 cm³/mol. The quantitative estimate of drug-likeness (QED) is 0.937. The Bertz CT molecular complexity index is 630. The molecule has 1 N–H and O–H groups in total. The molecule has 2 heterocycles. The summed E-state index contributed by atoms with van der Waals surface area (Å²) < 4.78 is 0. The fourth-order valence-corrected chi connectivity index (χ4v) is 3.50. The van der Waals surface area contributed by atoms with E-state index in [0.717, 1.165) is 24.5 Å². The molecule has 0 spiro atoms. The molecule has 3 heteroatoms. The molecule has 0 bridgehead atoms. The molecular weight excluding hydrogens is 258 g/mol. The van der Waals surface area contributed by atoms with Crippen molar-refractivity contribution in [2.75, 3.05) is 13.1 Å². The van der Waals surface area contributed by atoms with Crippen molar-refractivity contribution in [3.8, 4) is 0 Å². The van der Waals surface area contributed by atoms with Crippen LogP contribution in [-0.2, 0) is 6.54 Å². The van der Waals surface area contributed by atoms with Gasteiger partial charge in [-0.1, -0.05) is 24.3 Å². The van der Waals surface area contributed by atoms with Gasteiger partial charge in [-0.3, -0.25) is 9.88 Å². The third-order valence-corrected chi connectivity index (χ3v) is 5.01. The summed E-state index contributed by atoms with van der Waals surface area (Å²) in [5.74, 6) is 0.922. The molecule has 0 amide bonds. The van der Waals surface area contributed by atoms with Crippen molar-refractivity contribution in [1.29, 1.82) is 0 Å². The molecule has 0 radical (unpaired) electrons. The summed E-state index contributed by atoms with van der Waals surface area (Å²) in [4.78, 5) is 7.22. The number of aromatic nitrogens is 1. The van der Waals surface area contributed by atoms with Crippen molar-refractivity contribution < 1.29 is 0 Å². The van der Waals surface area contributed by atoms with Crippen molar-refractivity contribution in [3.05, 3.63) is 42.1 Å². The zero-order valence-corrected chi connectivity index (χ0v) is 12.6. The van der Waals surface area contributed by atoms with E-state index in [0.29, 0.717) is 12.1 Å². The van der Waals surface area contributed by atoms with Gasteiger partial charge in [0, 0.05) is 43.3 Å². The summed E-state index contributed by atoms with van der Waals surface area (Å²) in [7, 11) is 0. The number of para-hydroxylation sites is 1. The summed E-state index contributed by atoms with van der Waals surface area (Å²) in [5.41, 5.74) is 2.52. The lowest BCUT2D eigenvalue weighted by atomic mass is 10.0. The highest BCUT2D eigenvalue weighted by atomic mass is 15.2. The maximum absolute atomic E-state index is 4.60. The maximum Gasteiger partial charge on any atom is 0.0746 e. The monoisotopic (exact) mass is 281 g/mol. The van der Waals surface area contributed by atoms with Crippen molar-refractivity contribution in [1.82, 2.24) is 15.2 Å². The van der Waals surface area contributed by atoms with Gasteiger partial charge in [0.15, 0.2) is 0 Å². The van der Waals surface area contributed by atoms with E-state index < -0.39 is 0 Å². The lowest BCUT2D eigenvalue weighted by Gasteiger charge is -2.39. The number of nitrogens with zero attached hydrogens (tertiary/aromatic N) is 2. The van der Waals surface area contributed by atoms with Crippen LogP contribution in [-0.4, -0.2) is 35.1 Å². The van der Waals surface area contributed by atoms with E-state index in [1.54, 1.807) is 0 Å². The van der Waals surface area contributed by atoms with Crippen molar-refractivity contribution in [2.24, 2.45) is 5.92 Å². The minimum absolute atomic E-state index is 0.596. The van der Waals surface area contributed by atoms with Crippen LogP contribution in [0.5, 0.6) is 0 Å². The van der Waals surface area contributed by atoms with Gasteiger partial charge in [0.05, 0.1) is 5.52 Å². The fraction of sp³-hybridized carbons (Fsp3) is 0.500. The van der Waals surface area contributed by atoms with E-state index in [2.05, 4.69) is 46.4 Å². The molecule has 1 saturated carbocycles. The summed E-state index contributed by atoms with van der Waals surface area (Å²) in [6.07, 6.45) is 4.73. The molecule has 1 aromatic carbocycles. The maximum atomic E-state index is 4.60. The topological polar surface area (TPSA) is 28.2 Å². The minimum atomic E-state index is 0.596. The van der Waals surface area contributed by atoms with Gasteiger partial charge >= 0.3 is 0 Å². The van der Waals surface area contributed by atoms with Crippen molar-refractivity contribution in [3.63, 3.8) is 0 Å². The van der Waals surface area contributed by atoms with E-state index in [1.165, 1.54) is 30.3 Å². The first-order valence-electron chi connectivity index (χ1n) is 8.11. The molecule has 1 saturated heterocycles. The number of pyridine rings is 1. The van der Waals surface area contributed by atoms with E-state index in [4.69, 9.17) is 0 Å². The van der Waals surface area contributed by atoms with Crippen LogP contribution in [0.1, 0.15) is 25.3 Å². The SMILES string of the molecule is CC1CNC(C2CC2)CN1Cc1cccc2cccnc12. The lowest BCUT2D eigenvalue weighted by Crippen LogP contribution is -2.55. The second kappa shape index (κ2) is 5.39. The number of hydrogen-bond acceptors (Lipinski definition) is 3. The largest absolute Gasteiger partial charge is 0.311 e. The number of rotatable bonds is 3. The Kier molecular flexibility index (Phi) is 3.40. The van der Waals surface area contributed by atoms with Crippen LogP contribution in [0.15, 0.2) is 36.5 Å². The van der Waals surface area contributed by atoms with Crippen molar-refractivity contribution in [2.45, 2.75) is 38.4 Å². The van der Waals surface area contributed by atoms with Gasteiger partial charge in [0.25, 0.3) is 0 Å². The molecule has 21 heavy (non-hydrogen) atoms. The Balaban J connectivity index is 1.58. The molecule has 2 fully saturated rings. The molecule has 3 nitrogen and oxygen atoms in total. The highest BCUT2D eigenvalue weighted by Crippen LogP contribution is 2.34. The van der Waals surface area contributed by atoms with E-state index >= 15 is 0 Å². The smallest absolute Gasteiger partial charge is 0.0746 e. The standard InChI is InChI=1S/C18H23N3/c1-13-10-20-17(14-7-8-14)12-21(13)11-16-5-2-4-15-6-3-9-19-18(15)16/h2-6,9,13-14,17,20H,7-8,10-12H2,1H3. The van der Waals surface area contributed by atoms with Gasteiger partial charge in [0.1, 0.15) is 0 Å². The van der Waals surface area contributed by atoms with Gasteiger partial charge < -0.3 is 5.32 Å². The minimum Gasteiger partial charge on any atom is -0.311 e. The Morgan fingerprint density at radius 1 is 1.24 bits per heavy atom. The number of fused-ring (bicyclic) bond motifs is 1. The molecule has 2 unspecified atom stereocenters. The first-order valence-corrected chi connectivity index (χ1v) is 8.11. The van der Waals surface area contributed by atoms with Gasteiger partial charge in [-0.05, 0) is 37.3 Å². The second-order valence-electron chi connectivity index (χ2n) is 6.62. The van der Waals surface area contributed by atoms with Crippen LogP contribution in [0.25, 0.3) is 10.9 Å². The predicted octanol–water partition coefficient (Wildman–Crippen LogP) is 2.81. The third-order valence-electron chi connectivity index (χ3n) is 5.01. The normalized spacial score (nSPS) is 27.1. The van der Waals surface area contributed by atoms with Crippen molar-refractivity contribution >= 4 is 10.9 Å². The van der Waals surface area contributed by atoms with Crippen LogP contribution in [0.4, 0.5) is 0 Å². The Labute approximate surface area is 126 Å². The lowest BCUT2D eigenvalue weighted by molar-refractivity contribution is 0.126.